The molecule has 0 atom stereocenters. The zero-order valence-electron chi connectivity index (χ0n) is 13.6. The Morgan fingerprint density at radius 2 is 1.67 bits per heavy atom. The molecule has 0 spiro atoms. The summed E-state index contributed by atoms with van der Waals surface area (Å²) in [6, 6.07) is 15.2. The lowest BCUT2D eigenvalue weighted by molar-refractivity contribution is -0.118. The van der Waals surface area contributed by atoms with Gasteiger partial charge in [0.2, 0.25) is 0 Å². The zero-order chi connectivity index (χ0) is 16.8. The third-order valence-electron chi connectivity index (χ3n) is 4.45. The number of benzene rings is 2. The molecule has 0 aliphatic heterocycles. The van der Waals surface area contributed by atoms with E-state index in [1.807, 2.05) is 12.1 Å². The van der Waals surface area contributed by atoms with Gasteiger partial charge < -0.3 is 10.1 Å². The normalized spacial score (nSPS) is 15.0. The number of anilines is 1. The first-order valence-electron chi connectivity index (χ1n) is 8.49. The molecular formula is C20H22ClNO2. The maximum atomic E-state index is 11.9. The molecule has 0 radical (unpaired) electrons. The number of carbonyl (C=O) groups excluding carboxylic acids is 1. The van der Waals surface area contributed by atoms with E-state index >= 15 is 0 Å². The summed E-state index contributed by atoms with van der Waals surface area (Å²) in [5.74, 6) is 1.22. The average molecular weight is 344 g/mol. The lowest BCUT2D eigenvalue weighted by Gasteiger charge is -2.22. The molecule has 0 unspecified atom stereocenters. The maximum absolute atomic E-state index is 11.9. The van der Waals surface area contributed by atoms with E-state index in [0.717, 1.165) is 5.75 Å². The number of halogens is 1. The molecule has 4 heteroatoms. The van der Waals surface area contributed by atoms with Crippen LogP contribution in [-0.4, -0.2) is 12.5 Å². The highest BCUT2D eigenvalue weighted by Gasteiger charge is 2.15. The SMILES string of the molecule is O=C(COc1ccc(C2CCCCC2)cc1)Nc1ccc(Cl)cc1. The molecule has 126 valence electrons. The standard InChI is InChI=1S/C20H22ClNO2/c21-17-8-10-18(11-9-17)22-20(23)14-24-19-12-6-16(7-13-19)15-4-2-1-3-5-15/h6-13,15H,1-5,14H2,(H,22,23). The number of hydrogen-bond donors (Lipinski definition) is 1. The van der Waals surface area contributed by atoms with Crippen molar-refractivity contribution in [3.63, 3.8) is 0 Å². The van der Waals surface area contributed by atoms with Crippen molar-refractivity contribution in [1.29, 1.82) is 0 Å². The number of hydrogen-bond acceptors (Lipinski definition) is 2. The summed E-state index contributed by atoms with van der Waals surface area (Å²) in [5, 5.41) is 3.42. The summed E-state index contributed by atoms with van der Waals surface area (Å²) in [6.45, 7) is -0.00853. The number of amides is 1. The third-order valence-corrected chi connectivity index (χ3v) is 4.71. The first kappa shape index (κ1) is 16.8. The van der Waals surface area contributed by atoms with E-state index in [-0.39, 0.29) is 12.5 Å². The second-order valence-corrected chi connectivity index (χ2v) is 6.68. The molecular weight excluding hydrogens is 322 g/mol. The highest BCUT2D eigenvalue weighted by molar-refractivity contribution is 6.30. The van der Waals surface area contributed by atoms with E-state index < -0.39 is 0 Å². The van der Waals surface area contributed by atoms with Crippen molar-refractivity contribution in [1.82, 2.24) is 0 Å². The van der Waals surface area contributed by atoms with Gasteiger partial charge in [0.1, 0.15) is 5.75 Å². The van der Waals surface area contributed by atoms with Crippen molar-refractivity contribution < 1.29 is 9.53 Å². The number of nitrogens with one attached hydrogen (secondary N) is 1. The minimum absolute atomic E-state index is 0.00853. The summed E-state index contributed by atoms with van der Waals surface area (Å²) in [4.78, 5) is 11.9. The predicted octanol–water partition coefficient (Wildman–Crippen LogP) is 5.41. The fraction of sp³-hybridized carbons (Fsp3) is 0.350. The van der Waals surface area contributed by atoms with Crippen LogP contribution in [0.1, 0.15) is 43.6 Å². The molecule has 2 aromatic carbocycles. The van der Waals surface area contributed by atoms with Crippen LogP contribution < -0.4 is 10.1 Å². The quantitative estimate of drug-likeness (QED) is 0.788. The van der Waals surface area contributed by atoms with Gasteiger partial charge in [0.05, 0.1) is 0 Å². The summed E-state index contributed by atoms with van der Waals surface area (Å²) < 4.78 is 5.57. The highest BCUT2D eigenvalue weighted by atomic mass is 35.5. The Bertz CT molecular complexity index is 661. The Morgan fingerprint density at radius 1 is 1.00 bits per heavy atom. The van der Waals surface area contributed by atoms with Gasteiger partial charge in [-0.15, -0.1) is 0 Å². The van der Waals surface area contributed by atoms with Gasteiger partial charge in [-0.05, 0) is 60.7 Å². The lowest BCUT2D eigenvalue weighted by atomic mass is 9.84. The van der Waals surface area contributed by atoms with Crippen molar-refractivity contribution in [2.75, 3.05) is 11.9 Å². The molecule has 1 N–H and O–H groups in total. The van der Waals surface area contributed by atoms with E-state index in [4.69, 9.17) is 16.3 Å². The Morgan fingerprint density at radius 3 is 2.33 bits per heavy atom. The molecule has 0 saturated heterocycles. The molecule has 1 fully saturated rings. The molecule has 1 saturated carbocycles. The molecule has 2 aromatic rings. The van der Waals surface area contributed by atoms with Crippen LogP contribution in [0.4, 0.5) is 5.69 Å². The van der Waals surface area contributed by atoms with Gasteiger partial charge >= 0.3 is 0 Å². The molecule has 3 rings (SSSR count). The van der Waals surface area contributed by atoms with Crippen molar-refractivity contribution in [2.24, 2.45) is 0 Å². The highest BCUT2D eigenvalue weighted by Crippen LogP contribution is 2.33. The summed E-state index contributed by atoms with van der Waals surface area (Å²) in [5.41, 5.74) is 2.09. The molecule has 3 nitrogen and oxygen atoms in total. The van der Waals surface area contributed by atoms with Gasteiger partial charge in [-0.25, -0.2) is 0 Å². The molecule has 0 heterocycles. The van der Waals surface area contributed by atoms with Gasteiger partial charge in [0.15, 0.2) is 6.61 Å². The largest absolute Gasteiger partial charge is 0.484 e. The molecule has 24 heavy (non-hydrogen) atoms. The Balaban J connectivity index is 1.49. The van der Waals surface area contributed by atoms with Crippen molar-refractivity contribution in [3.8, 4) is 5.75 Å². The van der Waals surface area contributed by atoms with Crippen molar-refractivity contribution in [3.05, 3.63) is 59.1 Å². The first-order valence-corrected chi connectivity index (χ1v) is 8.87. The van der Waals surface area contributed by atoms with Crippen molar-refractivity contribution >= 4 is 23.2 Å². The molecule has 0 bridgehead atoms. The Labute approximate surface area is 148 Å². The minimum atomic E-state index is -0.186. The van der Waals surface area contributed by atoms with Crippen molar-refractivity contribution in [2.45, 2.75) is 38.0 Å². The van der Waals surface area contributed by atoms with Crippen LogP contribution in [0.2, 0.25) is 5.02 Å². The van der Waals surface area contributed by atoms with E-state index in [9.17, 15) is 4.79 Å². The molecule has 1 amide bonds. The zero-order valence-corrected chi connectivity index (χ0v) is 14.4. The van der Waals surface area contributed by atoms with Gasteiger partial charge in [0.25, 0.3) is 5.91 Å². The topological polar surface area (TPSA) is 38.3 Å². The van der Waals surface area contributed by atoms with E-state index in [1.54, 1.807) is 24.3 Å². The Kier molecular flexibility index (Phi) is 5.76. The van der Waals surface area contributed by atoms with Crippen LogP contribution in [0.25, 0.3) is 0 Å². The molecule has 1 aliphatic carbocycles. The fourth-order valence-electron chi connectivity index (χ4n) is 3.15. The van der Waals surface area contributed by atoms with E-state index in [1.165, 1.54) is 37.7 Å². The molecule has 1 aliphatic rings. The van der Waals surface area contributed by atoms with Gasteiger partial charge in [0, 0.05) is 10.7 Å². The van der Waals surface area contributed by atoms with Gasteiger partial charge in [-0.1, -0.05) is 43.0 Å². The van der Waals surface area contributed by atoms with Gasteiger partial charge in [-0.2, -0.15) is 0 Å². The fourth-order valence-corrected chi connectivity index (χ4v) is 3.28. The maximum Gasteiger partial charge on any atom is 0.262 e. The van der Waals surface area contributed by atoms with Crippen LogP contribution >= 0.6 is 11.6 Å². The number of rotatable bonds is 5. The predicted molar refractivity (Wildman–Crippen MR) is 97.8 cm³/mol. The van der Waals surface area contributed by atoms with E-state index in [2.05, 4.69) is 17.4 Å². The summed E-state index contributed by atoms with van der Waals surface area (Å²) in [7, 11) is 0. The first-order chi connectivity index (χ1) is 11.7. The second kappa shape index (κ2) is 8.20. The van der Waals surface area contributed by atoms with Crippen LogP contribution in [0, 0.1) is 0 Å². The number of carbonyl (C=O) groups is 1. The lowest BCUT2D eigenvalue weighted by Crippen LogP contribution is -2.20. The third kappa shape index (κ3) is 4.75. The molecule has 0 aromatic heterocycles. The van der Waals surface area contributed by atoms with Crippen LogP contribution in [-0.2, 0) is 4.79 Å². The monoisotopic (exact) mass is 343 g/mol. The van der Waals surface area contributed by atoms with Crippen LogP contribution in [0.5, 0.6) is 5.75 Å². The smallest absolute Gasteiger partial charge is 0.262 e. The van der Waals surface area contributed by atoms with Crippen LogP contribution in [0.15, 0.2) is 48.5 Å². The second-order valence-electron chi connectivity index (χ2n) is 6.25. The summed E-state index contributed by atoms with van der Waals surface area (Å²) in [6.07, 6.45) is 6.58. The Hall–Kier alpha value is -2.00. The summed E-state index contributed by atoms with van der Waals surface area (Å²) >= 11 is 5.82. The number of ether oxygens (including phenoxy) is 1. The van der Waals surface area contributed by atoms with Crippen LogP contribution in [0.3, 0.4) is 0 Å². The van der Waals surface area contributed by atoms with E-state index in [0.29, 0.717) is 16.6 Å². The van der Waals surface area contributed by atoms with Gasteiger partial charge in [-0.3, -0.25) is 4.79 Å². The average Bonchev–Trinajstić information content (AvgIpc) is 2.63. The minimum Gasteiger partial charge on any atom is -0.484 e.